The summed E-state index contributed by atoms with van der Waals surface area (Å²) in [5.41, 5.74) is 0. The van der Waals surface area contributed by atoms with Crippen LogP contribution in [0.25, 0.3) is 0 Å². The summed E-state index contributed by atoms with van der Waals surface area (Å²) in [4.78, 5) is 0. The zero-order valence-corrected chi connectivity index (χ0v) is 7.91. The zero-order chi connectivity index (χ0) is 9.14. The molecule has 0 saturated carbocycles. The fourth-order valence-electron chi connectivity index (χ4n) is 1.67. The first-order valence-corrected chi connectivity index (χ1v) is 4.49. The second-order valence-electron chi connectivity index (χ2n) is 3.81. The van der Waals surface area contributed by atoms with Gasteiger partial charge in [-0.25, -0.2) is 0 Å². The van der Waals surface area contributed by atoms with Gasteiger partial charge in [0.25, 0.3) is 0 Å². The molecule has 66 valence electrons. The van der Waals surface area contributed by atoms with Crippen molar-refractivity contribution in [2.24, 2.45) is 17.8 Å². The Morgan fingerprint density at radius 2 is 2.17 bits per heavy atom. The molecule has 2 nitrogen and oxygen atoms in total. The molecule has 0 fully saturated rings. The monoisotopic (exact) mass is 164 g/mol. The van der Waals surface area contributed by atoms with Gasteiger partial charge < -0.3 is 5.32 Å². The normalized spacial score (nSPS) is 34.4. The molecule has 0 spiro atoms. The number of rotatable bonds is 1. The minimum absolute atomic E-state index is 0.120. The van der Waals surface area contributed by atoms with Gasteiger partial charge in [0.2, 0.25) is 0 Å². The van der Waals surface area contributed by atoms with E-state index >= 15 is 0 Å². The van der Waals surface area contributed by atoms with Crippen molar-refractivity contribution in [3.05, 3.63) is 12.3 Å². The minimum Gasteiger partial charge on any atom is -0.387 e. The van der Waals surface area contributed by atoms with E-state index < -0.39 is 0 Å². The van der Waals surface area contributed by atoms with Crippen LogP contribution >= 0.6 is 0 Å². The van der Waals surface area contributed by atoms with Gasteiger partial charge in [0.05, 0.1) is 12.0 Å². The molecule has 0 saturated heterocycles. The standard InChI is InChI=1S/C10H16N2/c1-7(2)10-9(6-11)8(3)4-5-12-10/h4-5,7-10,12H,1-3H3/t8?,9-,10-/m0/s1. The van der Waals surface area contributed by atoms with Crippen LogP contribution in [0.1, 0.15) is 20.8 Å². The maximum absolute atomic E-state index is 8.96. The maximum atomic E-state index is 8.96. The first kappa shape index (κ1) is 9.12. The van der Waals surface area contributed by atoms with Crippen LogP contribution in [-0.2, 0) is 0 Å². The van der Waals surface area contributed by atoms with Crippen molar-refractivity contribution < 1.29 is 0 Å². The molecule has 3 atom stereocenters. The van der Waals surface area contributed by atoms with Crippen LogP contribution in [0.15, 0.2) is 12.3 Å². The molecule has 1 aliphatic heterocycles. The molecule has 1 heterocycles. The lowest BCUT2D eigenvalue weighted by atomic mass is 9.81. The third-order valence-electron chi connectivity index (χ3n) is 2.51. The average Bonchev–Trinajstić information content (AvgIpc) is 2.03. The molecule has 1 aliphatic rings. The van der Waals surface area contributed by atoms with E-state index in [-0.39, 0.29) is 5.92 Å². The number of allylic oxidation sites excluding steroid dienone is 1. The Morgan fingerprint density at radius 3 is 2.58 bits per heavy atom. The molecule has 1 N–H and O–H groups in total. The van der Waals surface area contributed by atoms with E-state index in [1.165, 1.54) is 0 Å². The van der Waals surface area contributed by atoms with Crippen LogP contribution in [-0.4, -0.2) is 6.04 Å². The van der Waals surface area contributed by atoms with Gasteiger partial charge in [-0.2, -0.15) is 5.26 Å². The molecule has 0 bridgehead atoms. The Bertz CT molecular complexity index is 212. The summed E-state index contributed by atoms with van der Waals surface area (Å²) >= 11 is 0. The summed E-state index contributed by atoms with van der Waals surface area (Å²) in [6.45, 7) is 6.39. The highest BCUT2D eigenvalue weighted by atomic mass is 14.9. The quantitative estimate of drug-likeness (QED) is 0.642. The maximum Gasteiger partial charge on any atom is 0.0727 e. The second-order valence-corrected chi connectivity index (χ2v) is 3.81. The largest absolute Gasteiger partial charge is 0.387 e. The number of hydrogen-bond donors (Lipinski definition) is 1. The molecule has 0 aliphatic carbocycles. The van der Waals surface area contributed by atoms with Gasteiger partial charge in [0.1, 0.15) is 0 Å². The summed E-state index contributed by atoms with van der Waals surface area (Å²) in [6.07, 6.45) is 4.04. The SMILES string of the molecule is CC1C=CN[C@@H](C(C)C)[C@H]1C#N. The van der Waals surface area contributed by atoms with Gasteiger partial charge in [0, 0.05) is 6.04 Å². The smallest absolute Gasteiger partial charge is 0.0727 e. The molecule has 0 radical (unpaired) electrons. The lowest BCUT2D eigenvalue weighted by Gasteiger charge is -2.32. The van der Waals surface area contributed by atoms with Gasteiger partial charge in [-0.15, -0.1) is 0 Å². The van der Waals surface area contributed by atoms with Gasteiger partial charge >= 0.3 is 0 Å². The van der Waals surface area contributed by atoms with Crippen LogP contribution in [0.5, 0.6) is 0 Å². The van der Waals surface area contributed by atoms with E-state index in [0.717, 1.165) is 0 Å². The third kappa shape index (κ3) is 1.61. The van der Waals surface area contributed by atoms with Crippen molar-refractivity contribution in [2.75, 3.05) is 0 Å². The summed E-state index contributed by atoms with van der Waals surface area (Å²) in [5, 5.41) is 12.2. The van der Waals surface area contributed by atoms with Crippen LogP contribution in [0.2, 0.25) is 0 Å². The Balaban J connectivity index is 2.76. The molecular weight excluding hydrogens is 148 g/mol. The van der Waals surface area contributed by atoms with Gasteiger partial charge in [-0.05, 0) is 18.0 Å². The first-order chi connectivity index (χ1) is 5.66. The van der Waals surface area contributed by atoms with E-state index in [4.69, 9.17) is 5.26 Å². The zero-order valence-electron chi connectivity index (χ0n) is 7.91. The predicted octanol–water partition coefficient (Wildman–Crippen LogP) is 1.90. The van der Waals surface area contributed by atoms with E-state index in [9.17, 15) is 0 Å². The lowest BCUT2D eigenvalue weighted by Crippen LogP contribution is -2.42. The third-order valence-corrected chi connectivity index (χ3v) is 2.51. The number of hydrogen-bond acceptors (Lipinski definition) is 2. The van der Waals surface area contributed by atoms with Crippen molar-refractivity contribution in [1.82, 2.24) is 5.32 Å². The van der Waals surface area contributed by atoms with Crippen molar-refractivity contribution in [1.29, 1.82) is 5.26 Å². The predicted molar refractivity (Wildman–Crippen MR) is 49.2 cm³/mol. The molecular formula is C10H16N2. The van der Waals surface area contributed by atoms with Gasteiger partial charge in [0.15, 0.2) is 0 Å². The number of nitriles is 1. The first-order valence-electron chi connectivity index (χ1n) is 4.49. The summed E-state index contributed by atoms with van der Waals surface area (Å²) in [6, 6.07) is 2.69. The molecule has 1 unspecified atom stereocenters. The lowest BCUT2D eigenvalue weighted by molar-refractivity contribution is 0.298. The molecule has 0 amide bonds. The number of nitrogens with one attached hydrogen (secondary N) is 1. The fourth-order valence-corrected chi connectivity index (χ4v) is 1.67. The van der Waals surface area contributed by atoms with Crippen molar-refractivity contribution in [2.45, 2.75) is 26.8 Å². The topological polar surface area (TPSA) is 35.8 Å². The average molecular weight is 164 g/mol. The van der Waals surface area contributed by atoms with Crippen LogP contribution in [0.3, 0.4) is 0 Å². The van der Waals surface area contributed by atoms with E-state index in [1.807, 2.05) is 6.20 Å². The summed E-state index contributed by atoms with van der Waals surface area (Å²) in [5.74, 6) is 1.01. The van der Waals surface area contributed by atoms with Crippen molar-refractivity contribution in [3.63, 3.8) is 0 Å². The molecule has 0 aromatic carbocycles. The van der Waals surface area contributed by atoms with Crippen LogP contribution in [0.4, 0.5) is 0 Å². The Kier molecular flexibility index (Phi) is 2.75. The fraction of sp³-hybridized carbons (Fsp3) is 0.700. The molecule has 2 heteroatoms. The van der Waals surface area contributed by atoms with Crippen LogP contribution < -0.4 is 5.32 Å². The molecule has 0 aromatic heterocycles. The van der Waals surface area contributed by atoms with Gasteiger partial charge in [-0.1, -0.05) is 26.8 Å². The van der Waals surface area contributed by atoms with E-state index in [1.54, 1.807) is 0 Å². The highest BCUT2D eigenvalue weighted by Crippen LogP contribution is 2.24. The highest BCUT2D eigenvalue weighted by Gasteiger charge is 2.29. The Morgan fingerprint density at radius 1 is 1.50 bits per heavy atom. The van der Waals surface area contributed by atoms with Crippen molar-refractivity contribution >= 4 is 0 Å². The summed E-state index contributed by atoms with van der Waals surface area (Å²) < 4.78 is 0. The second kappa shape index (κ2) is 3.62. The van der Waals surface area contributed by atoms with Gasteiger partial charge in [-0.3, -0.25) is 0 Å². The van der Waals surface area contributed by atoms with E-state index in [0.29, 0.717) is 17.9 Å². The Labute approximate surface area is 74.3 Å². The molecule has 0 aromatic rings. The molecule has 12 heavy (non-hydrogen) atoms. The minimum atomic E-state index is 0.120. The summed E-state index contributed by atoms with van der Waals surface area (Å²) in [7, 11) is 0. The Hall–Kier alpha value is -0.970. The van der Waals surface area contributed by atoms with E-state index in [2.05, 4.69) is 38.2 Å². The molecule has 1 rings (SSSR count). The van der Waals surface area contributed by atoms with Crippen molar-refractivity contribution in [3.8, 4) is 6.07 Å². The highest BCUT2D eigenvalue weighted by molar-refractivity contribution is 5.08. The van der Waals surface area contributed by atoms with Crippen LogP contribution in [0, 0.1) is 29.1 Å². The number of nitrogens with zero attached hydrogens (tertiary/aromatic N) is 1.